The Bertz CT molecular complexity index is 640. The van der Waals surface area contributed by atoms with Crippen LogP contribution in [0.3, 0.4) is 0 Å². The number of hydrogen-bond donors (Lipinski definition) is 4. The third-order valence-corrected chi connectivity index (χ3v) is 6.40. The molecule has 3 rings (SSSR count). The van der Waals surface area contributed by atoms with Gasteiger partial charge < -0.3 is 22.0 Å². The van der Waals surface area contributed by atoms with E-state index in [0.717, 1.165) is 32.1 Å². The third kappa shape index (κ3) is 3.52. The molecule has 1 aromatic rings. The summed E-state index contributed by atoms with van der Waals surface area (Å²) in [6.45, 7) is 2.86. The van der Waals surface area contributed by atoms with E-state index in [1.807, 2.05) is 0 Å². The summed E-state index contributed by atoms with van der Waals surface area (Å²) in [6, 6.07) is 10.6. The molecule has 6 N–H and O–H groups in total. The second-order valence-corrected chi connectivity index (χ2v) is 7.77. The van der Waals surface area contributed by atoms with E-state index in [0.29, 0.717) is 18.4 Å². The SMILES string of the molecule is C[C@]12CC[C@H](c3ccccc3)C[C@@]1(O)CC[C@@H]2/C=C/CNN=C(N)N. The first-order valence-corrected chi connectivity index (χ1v) is 9.20. The Kier molecular flexibility index (Phi) is 5.04. The molecule has 1 aromatic carbocycles. The maximum atomic E-state index is 11.4. The molecule has 2 aliphatic rings. The zero-order valence-corrected chi connectivity index (χ0v) is 15.0. The van der Waals surface area contributed by atoms with Gasteiger partial charge in [0.15, 0.2) is 0 Å². The van der Waals surface area contributed by atoms with Crippen molar-refractivity contribution in [2.24, 2.45) is 27.9 Å². The van der Waals surface area contributed by atoms with Crippen LogP contribution in [0.1, 0.15) is 50.5 Å². The van der Waals surface area contributed by atoms with Gasteiger partial charge in [-0.15, -0.1) is 5.10 Å². The Morgan fingerprint density at radius 2 is 2.04 bits per heavy atom. The Labute approximate surface area is 150 Å². The van der Waals surface area contributed by atoms with Crippen LogP contribution in [0.5, 0.6) is 0 Å². The van der Waals surface area contributed by atoms with E-state index in [2.05, 4.69) is 59.9 Å². The second-order valence-electron chi connectivity index (χ2n) is 7.77. The minimum atomic E-state index is -0.575. The Hall–Kier alpha value is -2.01. The fourth-order valence-corrected chi connectivity index (χ4v) is 4.82. The van der Waals surface area contributed by atoms with Crippen molar-refractivity contribution in [2.45, 2.75) is 50.5 Å². The topological polar surface area (TPSA) is 96.7 Å². The van der Waals surface area contributed by atoms with E-state index in [1.54, 1.807) is 0 Å². The summed E-state index contributed by atoms with van der Waals surface area (Å²) in [7, 11) is 0. The molecule has 0 radical (unpaired) electrons. The molecule has 0 spiro atoms. The largest absolute Gasteiger partial charge is 0.389 e. The van der Waals surface area contributed by atoms with E-state index in [4.69, 9.17) is 11.5 Å². The van der Waals surface area contributed by atoms with Crippen molar-refractivity contribution < 1.29 is 5.11 Å². The lowest BCUT2D eigenvalue weighted by molar-refractivity contribution is -0.0984. The van der Waals surface area contributed by atoms with Crippen LogP contribution in [0.2, 0.25) is 0 Å². The standard InChI is InChI=1S/C20H30N4O/c1-19-11-9-16(15-6-3-2-4-7-15)14-20(19,25)12-10-17(19)8-5-13-23-24-18(21)22/h2-8,16-17,23,25H,9-14H2,1H3,(H4,21,22,24)/b8-5+/t16-,17-,19+,20-/m0/s1. The van der Waals surface area contributed by atoms with Crippen molar-refractivity contribution in [2.75, 3.05) is 6.54 Å². The van der Waals surface area contributed by atoms with Gasteiger partial charge >= 0.3 is 0 Å². The van der Waals surface area contributed by atoms with Gasteiger partial charge in [-0.1, -0.05) is 49.4 Å². The molecule has 136 valence electrons. The van der Waals surface area contributed by atoms with Crippen molar-refractivity contribution in [3.63, 3.8) is 0 Å². The number of nitrogens with zero attached hydrogens (tertiary/aromatic N) is 1. The lowest BCUT2D eigenvalue weighted by atomic mass is 9.59. The van der Waals surface area contributed by atoms with E-state index in [1.165, 1.54) is 5.56 Å². The van der Waals surface area contributed by atoms with Crippen LogP contribution in [0.25, 0.3) is 0 Å². The number of benzene rings is 1. The highest BCUT2D eigenvalue weighted by Gasteiger charge is 2.58. The van der Waals surface area contributed by atoms with Crippen LogP contribution in [0, 0.1) is 11.3 Å². The average Bonchev–Trinajstić information content (AvgIpc) is 2.86. The average molecular weight is 342 g/mol. The first-order valence-electron chi connectivity index (χ1n) is 9.20. The maximum Gasteiger partial charge on any atom is 0.208 e. The number of fused-ring (bicyclic) bond motifs is 1. The summed E-state index contributed by atoms with van der Waals surface area (Å²) in [5, 5.41) is 15.2. The summed E-state index contributed by atoms with van der Waals surface area (Å²) >= 11 is 0. The fraction of sp³-hybridized carbons (Fsp3) is 0.550. The zero-order chi connectivity index (χ0) is 17.9. The lowest BCUT2D eigenvalue weighted by Crippen LogP contribution is -2.49. The van der Waals surface area contributed by atoms with Crippen LogP contribution in [0.15, 0.2) is 47.6 Å². The fourth-order valence-electron chi connectivity index (χ4n) is 4.82. The zero-order valence-electron chi connectivity index (χ0n) is 15.0. The van der Waals surface area contributed by atoms with Crippen LogP contribution in [-0.2, 0) is 0 Å². The monoisotopic (exact) mass is 342 g/mol. The molecule has 0 heterocycles. The van der Waals surface area contributed by atoms with Gasteiger partial charge in [0.05, 0.1) is 12.1 Å². The van der Waals surface area contributed by atoms with Gasteiger partial charge in [0.1, 0.15) is 0 Å². The first-order chi connectivity index (χ1) is 11.9. The van der Waals surface area contributed by atoms with Crippen LogP contribution < -0.4 is 16.9 Å². The summed E-state index contributed by atoms with van der Waals surface area (Å²) in [4.78, 5) is 0. The predicted octanol–water partition coefficient (Wildman–Crippen LogP) is 2.44. The lowest BCUT2D eigenvalue weighted by Gasteiger charge is -2.49. The molecule has 0 bridgehead atoms. The normalized spacial score (nSPS) is 34.6. The molecule has 5 nitrogen and oxygen atoms in total. The van der Waals surface area contributed by atoms with Gasteiger partial charge in [0, 0.05) is 5.41 Å². The Morgan fingerprint density at radius 1 is 1.28 bits per heavy atom. The molecular weight excluding hydrogens is 312 g/mol. The van der Waals surface area contributed by atoms with Gasteiger partial charge in [0.2, 0.25) is 5.96 Å². The minimum Gasteiger partial charge on any atom is -0.389 e. The van der Waals surface area contributed by atoms with Gasteiger partial charge in [-0.3, -0.25) is 0 Å². The predicted molar refractivity (Wildman–Crippen MR) is 102 cm³/mol. The maximum absolute atomic E-state index is 11.4. The Morgan fingerprint density at radius 3 is 2.76 bits per heavy atom. The first kappa shape index (κ1) is 17.8. The molecule has 0 unspecified atom stereocenters. The van der Waals surface area contributed by atoms with Gasteiger partial charge in [-0.05, 0) is 49.5 Å². The highest BCUT2D eigenvalue weighted by molar-refractivity contribution is 5.75. The number of hydrazone groups is 1. The molecule has 0 saturated heterocycles. The van der Waals surface area contributed by atoms with Crippen LogP contribution >= 0.6 is 0 Å². The minimum absolute atomic E-state index is 0.0369. The van der Waals surface area contributed by atoms with E-state index in [-0.39, 0.29) is 11.4 Å². The molecule has 0 aliphatic heterocycles. The second kappa shape index (κ2) is 7.08. The number of aliphatic hydroxyl groups is 1. The molecule has 2 fully saturated rings. The van der Waals surface area contributed by atoms with Crippen molar-refractivity contribution in [1.82, 2.24) is 5.43 Å². The number of guanidine groups is 1. The Balaban J connectivity index is 1.66. The number of nitrogens with two attached hydrogens (primary N) is 2. The van der Waals surface area contributed by atoms with Gasteiger partial charge in [0.25, 0.3) is 0 Å². The summed E-state index contributed by atoms with van der Waals surface area (Å²) < 4.78 is 0. The molecule has 5 heteroatoms. The smallest absolute Gasteiger partial charge is 0.208 e. The van der Waals surface area contributed by atoms with Crippen molar-refractivity contribution in [3.8, 4) is 0 Å². The molecule has 0 aromatic heterocycles. The number of allylic oxidation sites excluding steroid dienone is 1. The number of rotatable bonds is 5. The quantitative estimate of drug-likeness (QED) is 0.217. The van der Waals surface area contributed by atoms with Crippen LogP contribution in [-0.4, -0.2) is 23.2 Å². The van der Waals surface area contributed by atoms with Gasteiger partial charge in [-0.2, -0.15) is 0 Å². The van der Waals surface area contributed by atoms with E-state index < -0.39 is 5.60 Å². The van der Waals surface area contributed by atoms with E-state index >= 15 is 0 Å². The highest BCUT2D eigenvalue weighted by Crippen LogP contribution is 2.60. The van der Waals surface area contributed by atoms with Gasteiger partial charge in [-0.25, -0.2) is 0 Å². The molecule has 2 aliphatic carbocycles. The summed E-state index contributed by atoms with van der Waals surface area (Å²) in [6.07, 6.45) is 9.27. The number of nitrogens with one attached hydrogen (secondary N) is 1. The number of hydrogen-bond acceptors (Lipinski definition) is 3. The van der Waals surface area contributed by atoms with Crippen LogP contribution in [0.4, 0.5) is 0 Å². The van der Waals surface area contributed by atoms with E-state index in [9.17, 15) is 5.11 Å². The molecule has 25 heavy (non-hydrogen) atoms. The molecule has 2 saturated carbocycles. The highest BCUT2D eigenvalue weighted by atomic mass is 16.3. The molecular formula is C20H30N4O. The summed E-state index contributed by atoms with van der Waals surface area (Å²) in [5.41, 5.74) is 14.1. The van der Waals surface area contributed by atoms with Crippen molar-refractivity contribution in [1.29, 1.82) is 0 Å². The molecule has 0 amide bonds. The summed E-state index contributed by atoms with van der Waals surface area (Å²) in [5.74, 6) is 0.899. The third-order valence-electron chi connectivity index (χ3n) is 6.40. The van der Waals surface area contributed by atoms with Crippen molar-refractivity contribution in [3.05, 3.63) is 48.0 Å². The molecule has 4 atom stereocenters. The van der Waals surface area contributed by atoms with Crippen molar-refractivity contribution >= 4 is 5.96 Å².